The van der Waals surface area contributed by atoms with Crippen molar-refractivity contribution in [3.05, 3.63) is 66.0 Å². The van der Waals surface area contributed by atoms with Crippen molar-refractivity contribution in [2.24, 2.45) is 0 Å². The third kappa shape index (κ3) is 4.60. The lowest BCUT2D eigenvalue weighted by atomic mass is 10.2. The lowest BCUT2D eigenvalue weighted by Gasteiger charge is -2.34. The average Bonchev–Trinajstić information content (AvgIpc) is 3.30. The monoisotopic (exact) mass is 376 g/mol. The van der Waals surface area contributed by atoms with Crippen molar-refractivity contribution in [3.63, 3.8) is 0 Å². The summed E-state index contributed by atoms with van der Waals surface area (Å²) < 4.78 is 0. The predicted octanol–water partition coefficient (Wildman–Crippen LogP) is 3.15. The molecule has 4 rings (SSSR count). The molecule has 1 aromatic heterocycles. The Bertz CT molecular complexity index is 789. The van der Waals surface area contributed by atoms with Crippen LogP contribution in [-0.4, -0.2) is 66.5 Å². The van der Waals surface area contributed by atoms with Gasteiger partial charge in [-0.2, -0.15) is 0 Å². The molecule has 0 atom stereocenters. The van der Waals surface area contributed by atoms with Gasteiger partial charge < -0.3 is 9.80 Å². The van der Waals surface area contributed by atoms with Gasteiger partial charge in [-0.1, -0.05) is 42.5 Å². The van der Waals surface area contributed by atoms with Crippen molar-refractivity contribution in [1.29, 1.82) is 0 Å². The number of amides is 1. The van der Waals surface area contributed by atoms with Crippen molar-refractivity contribution >= 4 is 17.7 Å². The van der Waals surface area contributed by atoms with E-state index in [0.29, 0.717) is 5.69 Å². The maximum Gasteiger partial charge on any atom is 0.272 e. The number of carbonyl (C=O) groups excluding carboxylic acids is 1. The maximum atomic E-state index is 12.8. The number of nitrogens with zero attached hydrogens (tertiary/aromatic N) is 4. The Labute approximate surface area is 167 Å². The van der Waals surface area contributed by atoms with Crippen LogP contribution in [0.15, 0.2) is 54.7 Å². The van der Waals surface area contributed by atoms with Gasteiger partial charge in [0.1, 0.15) is 5.69 Å². The molecule has 1 aromatic carbocycles. The first-order chi connectivity index (χ1) is 13.8. The molecule has 146 valence electrons. The molecular formula is C23H28N4O. The molecule has 2 aromatic rings. The van der Waals surface area contributed by atoms with E-state index in [1.807, 2.05) is 29.3 Å². The third-order valence-electron chi connectivity index (χ3n) is 5.57. The van der Waals surface area contributed by atoms with Gasteiger partial charge >= 0.3 is 0 Å². The van der Waals surface area contributed by atoms with Gasteiger partial charge in [-0.25, -0.2) is 4.98 Å². The summed E-state index contributed by atoms with van der Waals surface area (Å²) in [6, 6.07) is 14.3. The molecule has 0 radical (unpaired) electrons. The standard InChI is InChI=1S/C23H28N4O/c28-23(22-11-10-21(19-24-22)26-13-4-5-14-26)27-17-15-25(16-18-27)12-6-9-20-7-2-1-3-8-20/h1-3,6-11,19H,4-5,12-18H2/b9-6+. The van der Waals surface area contributed by atoms with E-state index in [1.165, 1.54) is 18.4 Å². The largest absolute Gasteiger partial charge is 0.370 e. The number of hydrogen-bond acceptors (Lipinski definition) is 4. The Hall–Kier alpha value is -2.66. The Morgan fingerprint density at radius 2 is 1.68 bits per heavy atom. The fraction of sp³-hybridized carbons (Fsp3) is 0.391. The van der Waals surface area contributed by atoms with Crippen molar-refractivity contribution in [2.75, 3.05) is 50.7 Å². The summed E-state index contributed by atoms with van der Waals surface area (Å²) in [5.74, 6) is 0.0486. The lowest BCUT2D eigenvalue weighted by molar-refractivity contribution is 0.0644. The fourth-order valence-corrected chi connectivity index (χ4v) is 3.87. The van der Waals surface area contributed by atoms with Crippen molar-refractivity contribution in [3.8, 4) is 0 Å². The van der Waals surface area contributed by atoms with E-state index < -0.39 is 0 Å². The van der Waals surface area contributed by atoms with E-state index >= 15 is 0 Å². The van der Waals surface area contributed by atoms with Gasteiger partial charge in [0.25, 0.3) is 5.91 Å². The SMILES string of the molecule is O=C(c1ccc(N2CCCC2)cn1)N1CCN(C/C=C/c2ccccc2)CC1. The highest BCUT2D eigenvalue weighted by atomic mass is 16.2. The van der Waals surface area contributed by atoms with Crippen LogP contribution < -0.4 is 4.90 Å². The van der Waals surface area contributed by atoms with Gasteiger partial charge in [-0.3, -0.25) is 9.69 Å². The van der Waals surface area contributed by atoms with E-state index in [-0.39, 0.29) is 5.91 Å². The van der Waals surface area contributed by atoms with Gasteiger partial charge in [-0.05, 0) is 30.5 Å². The summed E-state index contributed by atoms with van der Waals surface area (Å²) in [7, 11) is 0. The van der Waals surface area contributed by atoms with Crippen LogP contribution in [0.1, 0.15) is 28.9 Å². The summed E-state index contributed by atoms with van der Waals surface area (Å²) in [6.07, 6.45) is 8.69. The zero-order valence-corrected chi connectivity index (χ0v) is 16.3. The summed E-state index contributed by atoms with van der Waals surface area (Å²) >= 11 is 0. The maximum absolute atomic E-state index is 12.8. The van der Waals surface area contributed by atoms with Crippen LogP contribution in [-0.2, 0) is 0 Å². The van der Waals surface area contributed by atoms with Crippen LogP contribution in [0.4, 0.5) is 5.69 Å². The number of benzene rings is 1. The molecular weight excluding hydrogens is 348 g/mol. The minimum absolute atomic E-state index is 0.0486. The van der Waals surface area contributed by atoms with Gasteiger partial charge in [0, 0.05) is 45.8 Å². The smallest absolute Gasteiger partial charge is 0.272 e. The summed E-state index contributed by atoms with van der Waals surface area (Å²) in [5.41, 5.74) is 2.91. The van der Waals surface area contributed by atoms with Crippen LogP contribution >= 0.6 is 0 Å². The summed E-state index contributed by atoms with van der Waals surface area (Å²) in [6.45, 7) is 6.42. The molecule has 2 aliphatic rings. The number of rotatable bonds is 5. The molecule has 0 aliphatic carbocycles. The summed E-state index contributed by atoms with van der Waals surface area (Å²) in [5, 5.41) is 0. The topological polar surface area (TPSA) is 39.7 Å². The van der Waals surface area contributed by atoms with Crippen molar-refractivity contribution < 1.29 is 4.79 Å². The normalized spacial score (nSPS) is 18.1. The highest BCUT2D eigenvalue weighted by Crippen LogP contribution is 2.19. The van der Waals surface area contributed by atoms with E-state index in [9.17, 15) is 4.79 Å². The molecule has 0 N–H and O–H groups in total. The number of aromatic nitrogens is 1. The minimum atomic E-state index is 0.0486. The first-order valence-electron chi connectivity index (χ1n) is 10.2. The predicted molar refractivity (Wildman–Crippen MR) is 114 cm³/mol. The van der Waals surface area contributed by atoms with E-state index in [0.717, 1.165) is 51.5 Å². The highest BCUT2D eigenvalue weighted by Gasteiger charge is 2.22. The highest BCUT2D eigenvalue weighted by molar-refractivity contribution is 5.92. The van der Waals surface area contributed by atoms with E-state index in [2.05, 4.69) is 51.2 Å². The van der Waals surface area contributed by atoms with Crippen LogP contribution in [0.25, 0.3) is 6.08 Å². The van der Waals surface area contributed by atoms with Gasteiger partial charge in [0.15, 0.2) is 0 Å². The molecule has 2 fully saturated rings. The molecule has 0 unspecified atom stereocenters. The second kappa shape index (κ2) is 9.02. The molecule has 3 heterocycles. The fourth-order valence-electron chi connectivity index (χ4n) is 3.87. The van der Waals surface area contributed by atoms with Crippen molar-refractivity contribution in [2.45, 2.75) is 12.8 Å². The number of hydrogen-bond donors (Lipinski definition) is 0. The first kappa shape index (κ1) is 18.7. The molecule has 2 aliphatic heterocycles. The van der Waals surface area contributed by atoms with E-state index in [4.69, 9.17) is 0 Å². The Kier molecular flexibility index (Phi) is 6.02. The molecule has 0 spiro atoms. The first-order valence-corrected chi connectivity index (χ1v) is 10.2. The molecule has 0 bridgehead atoms. The van der Waals surface area contributed by atoms with Crippen LogP contribution in [0.3, 0.4) is 0 Å². The molecule has 0 saturated carbocycles. The number of piperazine rings is 1. The Balaban J connectivity index is 1.26. The molecule has 2 saturated heterocycles. The number of pyridine rings is 1. The Morgan fingerprint density at radius 3 is 2.36 bits per heavy atom. The van der Waals surface area contributed by atoms with E-state index in [1.54, 1.807) is 0 Å². The number of carbonyl (C=O) groups is 1. The minimum Gasteiger partial charge on any atom is -0.370 e. The molecule has 5 heteroatoms. The molecule has 1 amide bonds. The quantitative estimate of drug-likeness (QED) is 0.804. The lowest BCUT2D eigenvalue weighted by Crippen LogP contribution is -2.48. The molecule has 5 nitrogen and oxygen atoms in total. The van der Waals surface area contributed by atoms with Gasteiger partial charge in [0.05, 0.1) is 11.9 Å². The Morgan fingerprint density at radius 1 is 0.929 bits per heavy atom. The van der Waals surface area contributed by atoms with Crippen LogP contribution in [0, 0.1) is 0 Å². The molecule has 28 heavy (non-hydrogen) atoms. The number of anilines is 1. The zero-order valence-electron chi connectivity index (χ0n) is 16.3. The second-order valence-corrected chi connectivity index (χ2v) is 7.50. The zero-order chi connectivity index (χ0) is 19.2. The average molecular weight is 377 g/mol. The van der Waals surface area contributed by atoms with Crippen LogP contribution in [0.2, 0.25) is 0 Å². The summed E-state index contributed by atoms with van der Waals surface area (Å²) in [4.78, 5) is 23.8. The van der Waals surface area contributed by atoms with Crippen LogP contribution in [0.5, 0.6) is 0 Å². The second-order valence-electron chi connectivity index (χ2n) is 7.50. The van der Waals surface area contributed by atoms with Gasteiger partial charge in [-0.15, -0.1) is 0 Å². The third-order valence-corrected chi connectivity index (χ3v) is 5.57. The van der Waals surface area contributed by atoms with Crippen molar-refractivity contribution in [1.82, 2.24) is 14.8 Å². The van der Waals surface area contributed by atoms with Gasteiger partial charge in [0.2, 0.25) is 0 Å².